The molecular formula is C43H70N10O12S3. The van der Waals surface area contributed by atoms with Crippen LogP contribution < -0.4 is 48.7 Å². The van der Waals surface area contributed by atoms with Crippen molar-refractivity contribution in [3.63, 3.8) is 0 Å². The number of aromatic hydroxyl groups is 1. The minimum atomic E-state index is -1.51. The van der Waals surface area contributed by atoms with Gasteiger partial charge in [0, 0.05) is 24.5 Å². The molecule has 1 heterocycles. The molecule has 1 aliphatic heterocycles. The second-order valence-electron chi connectivity index (χ2n) is 16.9. The first-order chi connectivity index (χ1) is 32.2. The number of nitrogens with two attached hydrogens (primary N) is 2. The van der Waals surface area contributed by atoms with Crippen molar-refractivity contribution in [2.75, 3.05) is 43.1 Å². The molecule has 1 fully saturated rings. The average molecular weight is 1020 g/mol. The maximum absolute atomic E-state index is 14.0. The van der Waals surface area contributed by atoms with Crippen molar-refractivity contribution in [2.45, 2.75) is 127 Å². The number of hydrogen-bond donors (Lipinski definition) is 14. The Morgan fingerprint density at radius 2 is 1.35 bits per heavy atom. The standard InChI is InChI=1S/C43H70N10O12S3/c1-23(2)18-30(47-34(56)20-46-41(62)35(24(3)54)52-40(61)33-9-7-16-53(33)42(63)27(45)21-66)38(59)49-29(14-17-68-4)37(58)48-28(8-5-6-15-44)36(57)50-31(19-25-10-12-26(55)13-11-25)39(60)51-32(22-67)43(64)65/h10-13,23-24,27-33,35,54-55,66-67H,5-9,14-22,44-45H2,1-4H3,(H,46,62)(H,47,56)(H,48,58)(H,49,59)(H,50,57)(H,51,60)(H,52,61)(H,64,65)/t24-,27+,28+,29+,30+,31+,32+,33+,35+/m1/s1. The number of nitrogens with one attached hydrogen (secondary N) is 7. The van der Waals surface area contributed by atoms with Gasteiger partial charge < -0.3 is 68.9 Å². The number of aliphatic hydroxyl groups excluding tert-OH is 1. The first-order valence-electron chi connectivity index (χ1n) is 22.4. The van der Waals surface area contributed by atoms with E-state index < -0.39 is 114 Å². The third-order valence-corrected chi connectivity index (χ3v) is 12.2. The third kappa shape index (κ3) is 20.0. The van der Waals surface area contributed by atoms with Crippen LogP contribution in [0.4, 0.5) is 0 Å². The van der Waals surface area contributed by atoms with E-state index in [0.717, 1.165) is 0 Å². The van der Waals surface area contributed by atoms with E-state index in [1.807, 2.05) is 0 Å². The van der Waals surface area contributed by atoms with Crippen molar-refractivity contribution in [2.24, 2.45) is 17.4 Å². The van der Waals surface area contributed by atoms with E-state index in [1.54, 1.807) is 20.1 Å². The van der Waals surface area contributed by atoms with E-state index in [1.165, 1.54) is 47.9 Å². The highest BCUT2D eigenvalue weighted by Gasteiger charge is 2.39. The molecule has 14 N–H and O–H groups in total. The van der Waals surface area contributed by atoms with Crippen LogP contribution in [-0.2, 0) is 49.6 Å². The summed E-state index contributed by atoms with van der Waals surface area (Å²) in [6.45, 7) is 4.74. The molecule has 0 aromatic heterocycles. The van der Waals surface area contributed by atoms with Gasteiger partial charge in [-0.2, -0.15) is 37.0 Å². The molecule has 382 valence electrons. The van der Waals surface area contributed by atoms with Crippen LogP contribution in [-0.4, -0.2) is 171 Å². The van der Waals surface area contributed by atoms with E-state index in [0.29, 0.717) is 37.0 Å². The summed E-state index contributed by atoms with van der Waals surface area (Å²) in [5, 5.41) is 47.5. The van der Waals surface area contributed by atoms with Crippen LogP contribution in [0, 0.1) is 5.92 Å². The Morgan fingerprint density at radius 1 is 0.779 bits per heavy atom. The van der Waals surface area contributed by atoms with Gasteiger partial charge in [0.2, 0.25) is 47.3 Å². The van der Waals surface area contributed by atoms with Gasteiger partial charge in [0.25, 0.3) is 0 Å². The maximum atomic E-state index is 14.0. The molecule has 0 bridgehead atoms. The molecule has 25 heteroatoms. The highest BCUT2D eigenvalue weighted by Crippen LogP contribution is 2.19. The molecule has 1 saturated heterocycles. The quantitative estimate of drug-likeness (QED) is 0.0281. The summed E-state index contributed by atoms with van der Waals surface area (Å²) in [5.41, 5.74) is 12.1. The molecule has 0 aliphatic carbocycles. The number of thiol groups is 2. The van der Waals surface area contributed by atoms with Gasteiger partial charge in [-0.15, -0.1) is 0 Å². The molecular weight excluding hydrogens is 945 g/mol. The lowest BCUT2D eigenvalue weighted by atomic mass is 10.0. The number of phenolic OH excluding ortho intramolecular Hbond substituents is 1. The minimum Gasteiger partial charge on any atom is -0.508 e. The lowest BCUT2D eigenvalue weighted by molar-refractivity contribution is -0.141. The minimum absolute atomic E-state index is 0.0435. The summed E-state index contributed by atoms with van der Waals surface area (Å²) in [6, 6.07) is -3.97. The molecule has 0 spiro atoms. The Bertz CT molecular complexity index is 1860. The highest BCUT2D eigenvalue weighted by molar-refractivity contribution is 7.98. The molecule has 0 saturated carbocycles. The molecule has 2 rings (SSSR count). The molecule has 1 aliphatic rings. The summed E-state index contributed by atoms with van der Waals surface area (Å²) in [4.78, 5) is 121. The SMILES string of the molecule is CSCC[C@H](NC(=O)[C@H](CC(C)C)NC(=O)CNC(=O)[C@@H](NC(=O)[C@@H]1CCCN1C(=O)[C@@H](N)CS)[C@@H](C)O)C(=O)N[C@@H](CCCCN)C(=O)N[C@@H](Cc1ccc(O)cc1)C(=O)N[C@@H](CS)C(=O)O. The van der Waals surface area contributed by atoms with Gasteiger partial charge in [-0.25, -0.2) is 4.79 Å². The summed E-state index contributed by atoms with van der Waals surface area (Å²) >= 11 is 9.44. The fourth-order valence-corrected chi connectivity index (χ4v) is 7.97. The molecule has 0 unspecified atom stereocenters. The number of thioether (sulfide) groups is 1. The van der Waals surface area contributed by atoms with Crippen molar-refractivity contribution in [1.29, 1.82) is 0 Å². The van der Waals surface area contributed by atoms with Crippen molar-refractivity contribution in [3.8, 4) is 5.75 Å². The van der Waals surface area contributed by atoms with Crippen LogP contribution in [0.15, 0.2) is 24.3 Å². The van der Waals surface area contributed by atoms with E-state index in [9.17, 15) is 58.5 Å². The number of unbranched alkanes of at least 4 members (excludes halogenated alkanes) is 1. The number of rotatable bonds is 30. The summed E-state index contributed by atoms with van der Waals surface area (Å²) in [5.74, 6) is -7.34. The number of likely N-dealkylation sites (tertiary alicyclic amines) is 1. The van der Waals surface area contributed by atoms with Gasteiger partial charge in [-0.3, -0.25) is 38.4 Å². The summed E-state index contributed by atoms with van der Waals surface area (Å²) in [7, 11) is 0. The lowest BCUT2D eigenvalue weighted by Gasteiger charge is -2.28. The Morgan fingerprint density at radius 3 is 1.90 bits per heavy atom. The van der Waals surface area contributed by atoms with Crippen molar-refractivity contribution in [1.82, 2.24) is 42.1 Å². The highest BCUT2D eigenvalue weighted by atomic mass is 32.2. The van der Waals surface area contributed by atoms with Gasteiger partial charge in [0.15, 0.2) is 0 Å². The monoisotopic (exact) mass is 1010 g/mol. The number of benzene rings is 1. The van der Waals surface area contributed by atoms with Gasteiger partial charge in [0.05, 0.1) is 18.7 Å². The average Bonchev–Trinajstić information content (AvgIpc) is 3.79. The Kier molecular flexibility index (Phi) is 26.7. The van der Waals surface area contributed by atoms with Crippen LogP contribution in [0.1, 0.15) is 71.3 Å². The topological polar surface area (TPSA) is 354 Å². The van der Waals surface area contributed by atoms with Crippen LogP contribution in [0.2, 0.25) is 0 Å². The number of hydrogen-bond acceptors (Lipinski definition) is 16. The first kappa shape index (κ1) is 59.3. The Balaban J connectivity index is 2.24. The fourth-order valence-electron chi connectivity index (χ4n) is 7.09. The Labute approximate surface area is 411 Å². The number of nitrogens with zero attached hydrogens (tertiary/aromatic N) is 1. The molecule has 9 atom stereocenters. The molecule has 22 nitrogen and oxygen atoms in total. The predicted molar refractivity (Wildman–Crippen MR) is 261 cm³/mol. The molecule has 8 amide bonds. The third-order valence-electron chi connectivity index (χ3n) is 10.8. The maximum Gasteiger partial charge on any atom is 0.327 e. The predicted octanol–water partition coefficient (Wildman–Crippen LogP) is -2.47. The van der Waals surface area contributed by atoms with Crippen molar-refractivity contribution in [3.05, 3.63) is 29.8 Å². The van der Waals surface area contributed by atoms with Gasteiger partial charge in [0.1, 0.15) is 48.0 Å². The van der Waals surface area contributed by atoms with Crippen LogP contribution >= 0.6 is 37.0 Å². The second kappa shape index (κ2) is 30.6. The molecule has 1 aromatic rings. The number of carbonyl (C=O) groups is 9. The van der Waals surface area contributed by atoms with Gasteiger partial charge in [-0.1, -0.05) is 26.0 Å². The first-order valence-corrected chi connectivity index (χ1v) is 25.1. The zero-order chi connectivity index (χ0) is 51.1. The zero-order valence-corrected chi connectivity index (χ0v) is 41.5. The number of carboxylic acids is 1. The van der Waals surface area contributed by atoms with Crippen LogP contribution in [0.3, 0.4) is 0 Å². The smallest absolute Gasteiger partial charge is 0.327 e. The fraction of sp³-hybridized carbons (Fsp3) is 0.651. The Hall–Kier alpha value is -4.82. The number of carboxylic acid groups (broad SMARTS) is 1. The largest absolute Gasteiger partial charge is 0.508 e. The van der Waals surface area contributed by atoms with Gasteiger partial charge in [-0.05, 0) is 94.0 Å². The number of phenols is 1. The normalized spacial score (nSPS) is 17.0. The number of amides is 8. The zero-order valence-electron chi connectivity index (χ0n) is 38.9. The summed E-state index contributed by atoms with van der Waals surface area (Å²) in [6.07, 6.45) is 2.20. The van der Waals surface area contributed by atoms with E-state index in [-0.39, 0.29) is 61.9 Å². The van der Waals surface area contributed by atoms with Gasteiger partial charge >= 0.3 is 5.97 Å². The van der Waals surface area contributed by atoms with E-state index in [2.05, 4.69) is 62.5 Å². The van der Waals surface area contributed by atoms with Crippen molar-refractivity contribution < 1.29 is 58.5 Å². The molecule has 0 radical (unpaired) electrons. The lowest BCUT2D eigenvalue weighted by Crippen LogP contribution is -2.60. The number of aliphatic hydroxyl groups is 1. The number of carbonyl (C=O) groups excluding carboxylic acids is 8. The van der Waals surface area contributed by atoms with E-state index >= 15 is 0 Å². The van der Waals surface area contributed by atoms with Crippen LogP contribution in [0.25, 0.3) is 0 Å². The molecule has 1 aromatic carbocycles. The molecule has 68 heavy (non-hydrogen) atoms. The van der Waals surface area contributed by atoms with E-state index in [4.69, 9.17) is 11.5 Å². The summed E-state index contributed by atoms with van der Waals surface area (Å²) < 4.78 is 0. The van der Waals surface area contributed by atoms with Crippen LogP contribution in [0.5, 0.6) is 5.75 Å². The number of aliphatic carboxylic acids is 1. The second-order valence-corrected chi connectivity index (χ2v) is 18.6. The van der Waals surface area contributed by atoms with Crippen molar-refractivity contribution >= 4 is 90.2 Å².